The van der Waals surface area contributed by atoms with Crippen LogP contribution in [0.3, 0.4) is 0 Å². The molecule has 5 rings (SSSR count). The van der Waals surface area contributed by atoms with E-state index in [0.29, 0.717) is 55.5 Å². The van der Waals surface area contributed by atoms with Crippen LogP contribution in [-0.2, 0) is 44.8 Å². The van der Waals surface area contributed by atoms with E-state index in [0.717, 1.165) is 17.1 Å². The van der Waals surface area contributed by atoms with Gasteiger partial charge in [0.2, 0.25) is 23.6 Å². The van der Waals surface area contributed by atoms with Crippen molar-refractivity contribution in [3.63, 3.8) is 0 Å². The van der Waals surface area contributed by atoms with Gasteiger partial charge < -0.3 is 46.5 Å². The molecule has 0 unspecified atom stereocenters. The number of allylic oxidation sites excluding steroid dienone is 1. The molecule has 2 heterocycles. The summed E-state index contributed by atoms with van der Waals surface area (Å²) in [7, 11) is 1.48. The van der Waals surface area contributed by atoms with Gasteiger partial charge in [-0.25, -0.2) is 9.59 Å². The van der Waals surface area contributed by atoms with E-state index in [1.54, 1.807) is 94.4 Å². The zero-order chi connectivity index (χ0) is 57.3. The van der Waals surface area contributed by atoms with Crippen molar-refractivity contribution in [3.8, 4) is 17.9 Å². The molecule has 0 spiro atoms. The predicted octanol–water partition coefficient (Wildman–Crippen LogP) is 6.58. The van der Waals surface area contributed by atoms with Crippen LogP contribution in [-0.4, -0.2) is 108 Å². The van der Waals surface area contributed by atoms with Gasteiger partial charge >= 0.3 is 12.1 Å². The van der Waals surface area contributed by atoms with Crippen molar-refractivity contribution < 1.29 is 52.6 Å². The second-order valence-corrected chi connectivity index (χ2v) is 20.9. The molecule has 0 fully saturated rings. The SMILES string of the molecule is COc1ccc(C#N)cc1/C=C(\C#N)c1cn(C(=O)OCc2ccc(NC(=O)[C@H](CCCNC(N)=O)NC(=O)[C@@H](NC(=O)C(C)(C)CCOC(C)(C)CCNC(=O)CCN3C(=O)C=CC3=O)C(C)C)cc2)c2ccc(Br)cc12. The smallest absolute Gasteiger partial charge is 0.418 e. The van der Waals surface area contributed by atoms with Gasteiger partial charge in [-0.15, -0.1) is 0 Å². The van der Waals surface area contributed by atoms with E-state index in [2.05, 4.69) is 54.7 Å². The monoisotopic (exact) mass is 1130 g/mol. The molecule has 2 atom stereocenters. The number of amides is 8. The molecule has 1 aromatic heterocycles. The van der Waals surface area contributed by atoms with Gasteiger partial charge in [0.1, 0.15) is 24.4 Å². The lowest BCUT2D eigenvalue weighted by Gasteiger charge is -2.31. The summed E-state index contributed by atoms with van der Waals surface area (Å²) in [6.45, 7) is 11.0. The number of carbonyl (C=O) groups excluding carboxylic acids is 8. The lowest BCUT2D eigenvalue weighted by Crippen LogP contribution is -2.56. The third-order valence-corrected chi connectivity index (χ3v) is 13.3. The summed E-state index contributed by atoms with van der Waals surface area (Å²) in [4.78, 5) is 104. The highest BCUT2D eigenvalue weighted by Gasteiger charge is 2.35. The fourth-order valence-corrected chi connectivity index (χ4v) is 8.44. The fourth-order valence-electron chi connectivity index (χ4n) is 8.08. The number of imide groups is 1. The summed E-state index contributed by atoms with van der Waals surface area (Å²) in [6.07, 6.45) is 5.71. The van der Waals surface area contributed by atoms with Crippen molar-refractivity contribution in [1.82, 2.24) is 30.7 Å². The molecule has 1 aliphatic rings. The fraction of sp³-hybridized carbons (Fsp3) is 0.393. The molecule has 78 heavy (non-hydrogen) atoms. The number of halogens is 1. The van der Waals surface area contributed by atoms with Gasteiger partial charge in [-0.2, -0.15) is 10.5 Å². The van der Waals surface area contributed by atoms with Crippen molar-refractivity contribution in [3.05, 3.63) is 106 Å². The van der Waals surface area contributed by atoms with Crippen molar-refractivity contribution in [2.24, 2.45) is 17.1 Å². The number of hydrogen-bond donors (Lipinski definition) is 6. The highest BCUT2D eigenvalue weighted by molar-refractivity contribution is 9.10. The van der Waals surface area contributed by atoms with Crippen LogP contribution >= 0.6 is 15.9 Å². The Morgan fingerprint density at radius 2 is 1.58 bits per heavy atom. The maximum Gasteiger partial charge on any atom is 0.418 e. The molecule has 412 valence electrons. The number of ether oxygens (including phenoxy) is 3. The molecule has 4 aromatic rings. The molecule has 21 nitrogen and oxygen atoms in total. The summed E-state index contributed by atoms with van der Waals surface area (Å²) in [5.74, 6) is -2.79. The van der Waals surface area contributed by atoms with Crippen molar-refractivity contribution in [2.75, 3.05) is 38.7 Å². The van der Waals surface area contributed by atoms with E-state index in [9.17, 15) is 48.9 Å². The number of aromatic nitrogens is 1. The van der Waals surface area contributed by atoms with E-state index in [1.165, 1.54) is 17.9 Å². The van der Waals surface area contributed by atoms with Crippen LogP contribution in [0, 0.1) is 34.0 Å². The molecule has 0 bridgehead atoms. The Labute approximate surface area is 461 Å². The highest BCUT2D eigenvalue weighted by Crippen LogP contribution is 2.33. The number of fused-ring (bicyclic) bond motifs is 1. The van der Waals surface area contributed by atoms with Gasteiger partial charge in [-0.05, 0) is 106 Å². The Morgan fingerprint density at radius 3 is 2.22 bits per heavy atom. The molecule has 1 aliphatic heterocycles. The maximum atomic E-state index is 14.0. The molecule has 7 N–H and O–H groups in total. The van der Waals surface area contributed by atoms with Gasteiger partial charge in [0.25, 0.3) is 11.8 Å². The van der Waals surface area contributed by atoms with E-state index in [4.69, 9.17) is 19.9 Å². The Hall–Kier alpha value is -8.34. The molecular weight excluding hydrogens is 1070 g/mol. The predicted molar refractivity (Wildman–Crippen MR) is 294 cm³/mol. The molecule has 3 aromatic carbocycles. The van der Waals surface area contributed by atoms with Crippen molar-refractivity contribution >= 4 is 91.7 Å². The molecule has 22 heteroatoms. The molecule has 0 saturated carbocycles. The first-order valence-electron chi connectivity index (χ1n) is 25.1. The maximum absolute atomic E-state index is 14.0. The van der Waals surface area contributed by atoms with Gasteiger partial charge in [-0.1, -0.05) is 55.8 Å². The number of nitrogens with zero attached hydrogens (tertiary/aromatic N) is 4. The van der Waals surface area contributed by atoms with Crippen LogP contribution in [0.1, 0.15) is 95.9 Å². The first-order chi connectivity index (χ1) is 36.9. The Morgan fingerprint density at radius 1 is 0.872 bits per heavy atom. The van der Waals surface area contributed by atoms with Crippen LogP contribution in [0.5, 0.6) is 5.75 Å². The van der Waals surface area contributed by atoms with Gasteiger partial charge in [0.15, 0.2) is 0 Å². The van der Waals surface area contributed by atoms with Crippen LogP contribution in [0.15, 0.2) is 83.5 Å². The summed E-state index contributed by atoms with van der Waals surface area (Å²) in [5, 5.41) is 34.1. The third-order valence-electron chi connectivity index (χ3n) is 12.8. The van der Waals surface area contributed by atoms with Gasteiger partial charge in [-0.3, -0.25) is 38.2 Å². The Bertz CT molecular complexity index is 3040. The zero-order valence-corrected chi connectivity index (χ0v) is 46.2. The Kier molecular flexibility index (Phi) is 21.4. The molecule has 0 radical (unpaired) electrons. The van der Waals surface area contributed by atoms with E-state index in [1.807, 2.05) is 13.8 Å². The average Bonchev–Trinajstić information content (AvgIpc) is 3.99. The van der Waals surface area contributed by atoms with E-state index < -0.39 is 70.7 Å². The first-order valence-corrected chi connectivity index (χ1v) is 25.9. The number of nitrogens with two attached hydrogens (primary N) is 1. The number of rotatable bonds is 26. The second-order valence-electron chi connectivity index (χ2n) is 20.0. The number of methoxy groups -OCH3 is 1. The second kappa shape index (κ2) is 27.6. The Balaban J connectivity index is 1.17. The van der Waals surface area contributed by atoms with Gasteiger partial charge in [0.05, 0.1) is 41.5 Å². The van der Waals surface area contributed by atoms with Crippen molar-refractivity contribution in [2.45, 2.75) is 97.9 Å². The summed E-state index contributed by atoms with van der Waals surface area (Å²) < 4.78 is 19.3. The molecular formula is C56H65BrN10O11. The largest absolute Gasteiger partial charge is 0.496 e. The number of hydrogen-bond acceptors (Lipinski definition) is 13. The van der Waals surface area contributed by atoms with E-state index in [-0.39, 0.29) is 70.0 Å². The van der Waals surface area contributed by atoms with Crippen LogP contribution in [0.4, 0.5) is 15.3 Å². The van der Waals surface area contributed by atoms with Gasteiger partial charge in [0, 0.05) is 83.1 Å². The lowest BCUT2D eigenvalue weighted by atomic mass is 9.87. The zero-order valence-electron chi connectivity index (χ0n) is 44.6. The molecule has 0 saturated heterocycles. The topological polar surface area (TPSA) is 306 Å². The van der Waals surface area contributed by atoms with Crippen LogP contribution < -0.4 is 37.1 Å². The standard InChI is InChI=1S/C56H65BrN10O11/c1-34(2)49(65-52(73)55(3,4)22-26-78-56(5,6)21-24-61-46(68)20-25-66-47(69)18-19-48(66)70)51(72)64-43(9-8-23-62-53(60)74)50(71)63-40-14-10-35(11-15-40)33-77-54(75)67-32-42(41-29-39(57)13-16-44(41)67)38(31-59)28-37-27-36(30-58)12-17-45(37)76-7/h10-19,27-29,32,34,43,49H,8-9,20-26,33H2,1-7H3,(H,61,68)(H,63,71)(H,64,72)(H,65,73)(H3,60,62,74)/b38-28+/t43-,49-/m0/s1. The van der Waals surface area contributed by atoms with Crippen molar-refractivity contribution in [1.29, 1.82) is 10.5 Å². The number of benzene rings is 3. The number of carbonyl (C=O) groups is 8. The number of nitriles is 2. The minimum atomic E-state index is -1.11. The average molecular weight is 1130 g/mol. The minimum absolute atomic E-state index is 0.0226. The minimum Gasteiger partial charge on any atom is -0.496 e. The lowest BCUT2D eigenvalue weighted by molar-refractivity contribution is -0.137. The summed E-state index contributed by atoms with van der Waals surface area (Å²) in [5.41, 5.74) is 6.47. The molecule has 8 amide bonds. The number of urea groups is 1. The quantitative estimate of drug-likeness (QED) is 0.0220. The summed E-state index contributed by atoms with van der Waals surface area (Å²) in [6, 6.07) is 18.0. The third kappa shape index (κ3) is 17.1. The normalized spacial score (nSPS) is 13.3. The highest BCUT2D eigenvalue weighted by atomic mass is 79.9. The summed E-state index contributed by atoms with van der Waals surface area (Å²) >= 11 is 3.48. The molecule has 0 aliphatic carbocycles. The number of nitrogens with one attached hydrogen (secondary N) is 5. The van der Waals surface area contributed by atoms with Crippen LogP contribution in [0.25, 0.3) is 22.6 Å². The first kappa shape index (κ1) is 60.5. The van der Waals surface area contributed by atoms with Crippen LogP contribution in [0.2, 0.25) is 0 Å². The van der Waals surface area contributed by atoms with E-state index >= 15 is 0 Å². The number of primary amides is 1. The number of anilines is 1.